The van der Waals surface area contributed by atoms with E-state index in [0.29, 0.717) is 0 Å². The minimum atomic E-state index is -2.66. The molecule has 1 aromatic heterocycles. The van der Waals surface area contributed by atoms with Crippen LogP contribution in [0.3, 0.4) is 0 Å². The molecule has 14 heavy (non-hydrogen) atoms. The summed E-state index contributed by atoms with van der Waals surface area (Å²) in [6.45, 7) is 1.21. The topological polar surface area (TPSA) is 38.9 Å². The third-order valence-corrected chi connectivity index (χ3v) is 1.84. The van der Waals surface area contributed by atoms with Crippen molar-refractivity contribution >= 4 is 0 Å². The monoisotopic (exact) mass is 204 g/mol. The molecule has 0 spiro atoms. The molecule has 1 unspecified atom stereocenters. The fraction of sp³-hybridized carbons (Fsp3) is 0.444. The molecule has 1 aromatic rings. The van der Waals surface area contributed by atoms with Gasteiger partial charge in [0.2, 0.25) is 0 Å². The molecule has 2 nitrogen and oxygen atoms in total. The van der Waals surface area contributed by atoms with Crippen molar-refractivity contribution in [2.24, 2.45) is 5.73 Å². The molecule has 0 aromatic carbocycles. The second kappa shape index (κ2) is 3.96. The van der Waals surface area contributed by atoms with Crippen LogP contribution in [0.25, 0.3) is 0 Å². The van der Waals surface area contributed by atoms with Gasteiger partial charge >= 0.3 is 0 Å². The molecule has 0 aliphatic carbocycles. The Bertz CT molecular complexity index is 313. The van der Waals surface area contributed by atoms with Crippen molar-refractivity contribution in [3.63, 3.8) is 0 Å². The number of hydrogen-bond acceptors (Lipinski definition) is 2. The summed E-state index contributed by atoms with van der Waals surface area (Å²) in [5.74, 6) is -0.500. The predicted octanol–water partition coefficient (Wildman–Crippen LogP) is 1.75. The molecule has 0 saturated heterocycles. The first-order valence-electron chi connectivity index (χ1n) is 4.09. The van der Waals surface area contributed by atoms with Gasteiger partial charge in [0, 0.05) is 18.3 Å². The molecule has 0 bridgehead atoms. The highest BCUT2D eigenvalue weighted by molar-refractivity contribution is 5.09. The smallest absolute Gasteiger partial charge is 0.256 e. The Morgan fingerprint density at radius 3 is 2.71 bits per heavy atom. The maximum atomic E-state index is 12.7. The maximum absolute atomic E-state index is 12.7. The van der Waals surface area contributed by atoms with Gasteiger partial charge in [-0.15, -0.1) is 0 Å². The normalized spacial score (nSPS) is 15.6. The summed E-state index contributed by atoms with van der Waals surface area (Å²) in [6.07, 6.45) is -1.58. The number of alkyl halides is 2. The van der Waals surface area contributed by atoms with Crippen molar-refractivity contribution in [1.82, 2.24) is 4.98 Å². The lowest BCUT2D eigenvalue weighted by atomic mass is 9.97. The van der Waals surface area contributed by atoms with E-state index in [1.807, 2.05) is 0 Å². The van der Waals surface area contributed by atoms with E-state index >= 15 is 0 Å². The fourth-order valence-electron chi connectivity index (χ4n) is 1.01. The molecule has 0 amide bonds. The number of nitrogens with two attached hydrogens (primary N) is 1. The van der Waals surface area contributed by atoms with Gasteiger partial charge in [-0.05, 0) is 19.1 Å². The van der Waals surface area contributed by atoms with Crippen molar-refractivity contribution in [3.05, 3.63) is 29.8 Å². The van der Waals surface area contributed by atoms with Crippen LogP contribution in [0.1, 0.15) is 12.6 Å². The van der Waals surface area contributed by atoms with Crippen LogP contribution in [0, 0.1) is 5.82 Å². The maximum Gasteiger partial charge on any atom is 0.256 e. The Balaban J connectivity index is 2.78. The summed E-state index contributed by atoms with van der Waals surface area (Å²) < 4.78 is 37.4. The largest absolute Gasteiger partial charge is 0.320 e. The first-order chi connectivity index (χ1) is 6.42. The molecule has 0 aliphatic heterocycles. The van der Waals surface area contributed by atoms with Crippen molar-refractivity contribution in [1.29, 1.82) is 0 Å². The molecule has 1 rings (SSSR count). The Morgan fingerprint density at radius 1 is 1.57 bits per heavy atom. The summed E-state index contributed by atoms with van der Waals surface area (Å²) in [5.41, 5.74) is 3.90. The minimum absolute atomic E-state index is 0.150. The number of aromatic nitrogens is 1. The number of hydrogen-bond donors (Lipinski definition) is 1. The van der Waals surface area contributed by atoms with Crippen LogP contribution in [0.5, 0.6) is 0 Å². The quantitative estimate of drug-likeness (QED) is 0.814. The van der Waals surface area contributed by atoms with Crippen LogP contribution in [-0.4, -0.2) is 16.9 Å². The highest BCUT2D eigenvalue weighted by Crippen LogP contribution is 2.17. The molecule has 5 heteroatoms. The Morgan fingerprint density at radius 2 is 2.21 bits per heavy atom. The van der Waals surface area contributed by atoms with Crippen molar-refractivity contribution < 1.29 is 13.2 Å². The standard InChI is InChI=1S/C9H11F3N2/c1-9(13,8(11)12)5-7-4-6(10)2-3-14-7/h2-4,8H,5,13H2,1H3. The third-order valence-electron chi connectivity index (χ3n) is 1.84. The molecule has 0 fully saturated rings. The molecule has 1 atom stereocenters. The predicted molar refractivity (Wildman–Crippen MR) is 46.5 cm³/mol. The first-order valence-corrected chi connectivity index (χ1v) is 4.09. The van der Waals surface area contributed by atoms with E-state index in [1.165, 1.54) is 13.1 Å². The fourth-order valence-corrected chi connectivity index (χ4v) is 1.01. The van der Waals surface area contributed by atoms with Crippen LogP contribution >= 0.6 is 0 Å². The van der Waals surface area contributed by atoms with Gasteiger partial charge in [0.05, 0.1) is 5.54 Å². The Labute approximate surface area is 79.9 Å². The van der Waals surface area contributed by atoms with Gasteiger partial charge in [-0.1, -0.05) is 0 Å². The van der Waals surface area contributed by atoms with Crippen molar-refractivity contribution in [3.8, 4) is 0 Å². The van der Waals surface area contributed by atoms with Gasteiger partial charge in [0.15, 0.2) is 0 Å². The second-order valence-electron chi connectivity index (χ2n) is 3.45. The van der Waals surface area contributed by atoms with Gasteiger partial charge in [-0.25, -0.2) is 13.2 Å². The Hall–Kier alpha value is -1.10. The van der Waals surface area contributed by atoms with Gasteiger partial charge in [-0.3, -0.25) is 4.98 Å². The molecular formula is C9H11F3N2. The van der Waals surface area contributed by atoms with E-state index in [2.05, 4.69) is 4.98 Å². The summed E-state index contributed by atoms with van der Waals surface area (Å²) >= 11 is 0. The average molecular weight is 204 g/mol. The van der Waals surface area contributed by atoms with Crippen LogP contribution < -0.4 is 5.73 Å². The Kier molecular flexibility index (Phi) is 3.10. The van der Waals surface area contributed by atoms with E-state index in [0.717, 1.165) is 12.1 Å². The lowest BCUT2D eigenvalue weighted by molar-refractivity contribution is 0.0633. The number of halogens is 3. The number of rotatable bonds is 3. The summed E-state index contributed by atoms with van der Waals surface area (Å²) in [4.78, 5) is 3.75. The van der Waals surface area contributed by atoms with E-state index < -0.39 is 17.8 Å². The SMILES string of the molecule is CC(N)(Cc1cc(F)ccn1)C(F)F. The lowest BCUT2D eigenvalue weighted by Gasteiger charge is -2.22. The van der Waals surface area contributed by atoms with Crippen molar-refractivity contribution in [2.75, 3.05) is 0 Å². The lowest BCUT2D eigenvalue weighted by Crippen LogP contribution is -2.46. The number of pyridine rings is 1. The molecule has 0 radical (unpaired) electrons. The van der Waals surface area contributed by atoms with Gasteiger partial charge in [0.1, 0.15) is 5.82 Å². The molecule has 0 saturated carbocycles. The van der Waals surface area contributed by atoms with Crippen LogP contribution in [0.15, 0.2) is 18.3 Å². The molecule has 1 heterocycles. The van der Waals surface area contributed by atoms with Gasteiger partial charge < -0.3 is 5.73 Å². The second-order valence-corrected chi connectivity index (χ2v) is 3.45. The van der Waals surface area contributed by atoms with Gasteiger partial charge in [-0.2, -0.15) is 0 Å². The minimum Gasteiger partial charge on any atom is -0.320 e. The van der Waals surface area contributed by atoms with Crippen molar-refractivity contribution in [2.45, 2.75) is 25.3 Å². The van der Waals surface area contributed by atoms with E-state index in [1.54, 1.807) is 0 Å². The highest BCUT2D eigenvalue weighted by Gasteiger charge is 2.30. The molecule has 0 aliphatic rings. The third kappa shape index (κ3) is 2.70. The van der Waals surface area contributed by atoms with Crippen LogP contribution in [0.4, 0.5) is 13.2 Å². The number of nitrogens with zero attached hydrogens (tertiary/aromatic N) is 1. The molecule has 78 valence electrons. The zero-order valence-corrected chi connectivity index (χ0v) is 7.67. The summed E-state index contributed by atoms with van der Waals surface area (Å²) in [5, 5.41) is 0. The van der Waals surface area contributed by atoms with Gasteiger partial charge in [0.25, 0.3) is 6.43 Å². The zero-order valence-electron chi connectivity index (χ0n) is 7.67. The summed E-state index contributed by atoms with van der Waals surface area (Å²) in [6, 6.07) is 2.26. The van der Waals surface area contributed by atoms with Crippen LogP contribution in [-0.2, 0) is 6.42 Å². The van der Waals surface area contributed by atoms with E-state index in [9.17, 15) is 13.2 Å². The van der Waals surface area contributed by atoms with E-state index in [4.69, 9.17) is 5.73 Å². The summed E-state index contributed by atoms with van der Waals surface area (Å²) in [7, 11) is 0. The molecule has 2 N–H and O–H groups in total. The zero-order chi connectivity index (χ0) is 10.8. The highest BCUT2D eigenvalue weighted by atomic mass is 19.3. The first kappa shape index (κ1) is 11.0. The molecular weight excluding hydrogens is 193 g/mol. The van der Waals surface area contributed by atoms with Crippen LogP contribution in [0.2, 0.25) is 0 Å². The average Bonchev–Trinajstić information content (AvgIpc) is 2.02. The van der Waals surface area contributed by atoms with E-state index in [-0.39, 0.29) is 12.1 Å².